The molecule has 2 N–H and O–H groups in total. The van der Waals surface area contributed by atoms with Crippen LogP contribution in [0.1, 0.15) is 30.9 Å². The molecule has 1 saturated heterocycles. The maximum atomic E-state index is 12.9. The van der Waals surface area contributed by atoms with Crippen molar-refractivity contribution in [3.05, 3.63) is 29.3 Å². The third kappa shape index (κ3) is 3.75. The van der Waals surface area contributed by atoms with E-state index in [1.807, 2.05) is 6.92 Å². The van der Waals surface area contributed by atoms with Gasteiger partial charge in [-0.2, -0.15) is 13.2 Å². The molecule has 1 amide bonds. The number of rotatable bonds is 2. The molecule has 1 fully saturated rings. The lowest BCUT2D eigenvalue weighted by Crippen LogP contribution is -2.48. The van der Waals surface area contributed by atoms with Crippen LogP contribution in [-0.2, 0) is 11.0 Å². The van der Waals surface area contributed by atoms with E-state index in [0.29, 0.717) is 0 Å². The molecule has 0 aliphatic carbocycles. The number of aryl methyl sites for hydroxylation is 1. The Bertz CT molecular complexity index is 528. The number of amides is 1. The van der Waals surface area contributed by atoms with Crippen molar-refractivity contribution < 1.29 is 18.0 Å². The zero-order valence-electron chi connectivity index (χ0n) is 12.1. The topological polar surface area (TPSA) is 41.1 Å². The minimum absolute atomic E-state index is 0.143. The van der Waals surface area contributed by atoms with Gasteiger partial charge in [0.15, 0.2) is 0 Å². The monoisotopic (exact) mass is 300 g/mol. The van der Waals surface area contributed by atoms with Crippen LogP contribution in [-0.4, -0.2) is 18.5 Å². The first-order chi connectivity index (χ1) is 9.79. The van der Waals surface area contributed by atoms with Crippen molar-refractivity contribution in [2.75, 3.05) is 11.9 Å². The molecule has 1 aliphatic heterocycles. The third-order valence-corrected chi connectivity index (χ3v) is 3.86. The van der Waals surface area contributed by atoms with Crippen molar-refractivity contribution in [1.82, 2.24) is 5.32 Å². The molecule has 21 heavy (non-hydrogen) atoms. The number of hydrogen-bond donors (Lipinski definition) is 2. The van der Waals surface area contributed by atoms with Crippen LogP contribution >= 0.6 is 0 Å². The zero-order chi connectivity index (χ0) is 15.6. The van der Waals surface area contributed by atoms with E-state index in [4.69, 9.17) is 0 Å². The predicted octanol–water partition coefficient (Wildman–Crippen LogP) is 3.34. The van der Waals surface area contributed by atoms with Crippen LogP contribution in [0.5, 0.6) is 0 Å². The van der Waals surface area contributed by atoms with E-state index >= 15 is 0 Å². The number of anilines is 1. The maximum Gasteiger partial charge on any atom is 0.416 e. The highest BCUT2D eigenvalue weighted by molar-refractivity contribution is 5.95. The molecule has 116 valence electrons. The van der Waals surface area contributed by atoms with Crippen LogP contribution in [0.25, 0.3) is 0 Å². The number of alkyl halides is 3. The molecule has 1 heterocycles. The van der Waals surface area contributed by atoms with Crippen LogP contribution in [0.3, 0.4) is 0 Å². The summed E-state index contributed by atoms with van der Waals surface area (Å²) in [5.74, 6) is -0.106. The first-order valence-corrected chi connectivity index (χ1v) is 7.01. The summed E-state index contributed by atoms with van der Waals surface area (Å²) in [6.45, 7) is 4.12. The second-order valence-corrected chi connectivity index (χ2v) is 5.57. The van der Waals surface area contributed by atoms with Gasteiger partial charge in [0, 0.05) is 5.69 Å². The number of carbonyl (C=O) groups is 1. The normalized spacial score (nSPS) is 22.9. The van der Waals surface area contributed by atoms with Gasteiger partial charge in [0.25, 0.3) is 0 Å². The fourth-order valence-electron chi connectivity index (χ4n) is 2.63. The first-order valence-electron chi connectivity index (χ1n) is 7.01. The summed E-state index contributed by atoms with van der Waals surface area (Å²) in [5, 5.41) is 5.69. The average molecular weight is 300 g/mol. The van der Waals surface area contributed by atoms with Gasteiger partial charge in [-0.05, 0) is 49.9 Å². The van der Waals surface area contributed by atoms with Gasteiger partial charge in [0.2, 0.25) is 5.91 Å². The zero-order valence-corrected chi connectivity index (χ0v) is 12.1. The Balaban J connectivity index is 2.14. The number of piperidine rings is 1. The third-order valence-electron chi connectivity index (χ3n) is 3.86. The van der Waals surface area contributed by atoms with E-state index in [1.165, 1.54) is 19.1 Å². The molecule has 2 atom stereocenters. The molecule has 1 aromatic rings. The smallest absolute Gasteiger partial charge is 0.325 e. The molecule has 0 saturated carbocycles. The van der Waals surface area contributed by atoms with E-state index in [-0.39, 0.29) is 29.1 Å². The van der Waals surface area contributed by atoms with Gasteiger partial charge < -0.3 is 10.6 Å². The summed E-state index contributed by atoms with van der Waals surface area (Å²) in [4.78, 5) is 12.2. The van der Waals surface area contributed by atoms with E-state index in [9.17, 15) is 18.0 Å². The van der Waals surface area contributed by atoms with Crippen LogP contribution in [0, 0.1) is 12.8 Å². The van der Waals surface area contributed by atoms with Crippen molar-refractivity contribution in [3.8, 4) is 0 Å². The van der Waals surface area contributed by atoms with E-state index in [2.05, 4.69) is 10.6 Å². The Hall–Kier alpha value is -1.56. The number of nitrogens with one attached hydrogen (secondary N) is 2. The molecule has 0 aromatic heterocycles. The molecule has 0 bridgehead atoms. The number of carbonyl (C=O) groups excluding carboxylic acids is 1. The quantitative estimate of drug-likeness (QED) is 0.879. The highest BCUT2D eigenvalue weighted by Gasteiger charge is 2.33. The number of hydrogen-bond acceptors (Lipinski definition) is 2. The second kappa shape index (κ2) is 6.05. The number of benzene rings is 1. The Kier molecular flexibility index (Phi) is 4.56. The van der Waals surface area contributed by atoms with Gasteiger partial charge in [-0.25, -0.2) is 0 Å². The van der Waals surface area contributed by atoms with E-state index in [1.54, 1.807) is 0 Å². The minimum Gasteiger partial charge on any atom is -0.325 e. The Morgan fingerprint density at radius 1 is 1.38 bits per heavy atom. The average Bonchev–Trinajstić information content (AvgIpc) is 2.40. The molecule has 3 nitrogen and oxygen atoms in total. The van der Waals surface area contributed by atoms with Crippen LogP contribution in [0.2, 0.25) is 0 Å². The van der Waals surface area contributed by atoms with Crippen LogP contribution < -0.4 is 10.6 Å². The van der Waals surface area contributed by atoms with Crippen molar-refractivity contribution >= 4 is 11.6 Å². The first kappa shape index (κ1) is 15.8. The van der Waals surface area contributed by atoms with Crippen LogP contribution in [0.15, 0.2) is 18.2 Å². The van der Waals surface area contributed by atoms with Crippen molar-refractivity contribution in [1.29, 1.82) is 0 Å². The summed E-state index contributed by atoms with van der Waals surface area (Å²) in [6, 6.07) is 3.50. The van der Waals surface area contributed by atoms with Crippen molar-refractivity contribution in [3.63, 3.8) is 0 Å². The Morgan fingerprint density at radius 3 is 2.71 bits per heavy atom. The molecule has 2 unspecified atom stereocenters. The largest absolute Gasteiger partial charge is 0.416 e. The SMILES string of the molecule is Cc1ccc(NC(=O)C2NCCCC2C)cc1C(F)(F)F. The molecular weight excluding hydrogens is 281 g/mol. The fourth-order valence-corrected chi connectivity index (χ4v) is 2.63. The second-order valence-electron chi connectivity index (χ2n) is 5.57. The summed E-state index contributed by atoms with van der Waals surface area (Å²) in [7, 11) is 0. The minimum atomic E-state index is -4.42. The lowest BCUT2D eigenvalue weighted by molar-refractivity contribution is -0.138. The van der Waals surface area contributed by atoms with Gasteiger partial charge in [0.1, 0.15) is 0 Å². The van der Waals surface area contributed by atoms with E-state index < -0.39 is 11.7 Å². The van der Waals surface area contributed by atoms with Crippen molar-refractivity contribution in [2.45, 2.75) is 38.9 Å². The van der Waals surface area contributed by atoms with Gasteiger partial charge in [-0.15, -0.1) is 0 Å². The Labute approximate surface area is 121 Å². The summed E-state index contributed by atoms with van der Waals surface area (Å²) in [6.07, 6.45) is -2.47. The number of halogens is 3. The highest BCUT2D eigenvalue weighted by Crippen LogP contribution is 2.33. The summed E-state index contributed by atoms with van der Waals surface area (Å²) >= 11 is 0. The maximum absolute atomic E-state index is 12.9. The van der Waals surface area contributed by atoms with Crippen molar-refractivity contribution in [2.24, 2.45) is 5.92 Å². The lowest BCUT2D eigenvalue weighted by Gasteiger charge is -2.29. The molecule has 0 radical (unpaired) electrons. The van der Waals surface area contributed by atoms with Gasteiger partial charge in [-0.3, -0.25) is 4.79 Å². The highest BCUT2D eigenvalue weighted by atomic mass is 19.4. The van der Waals surface area contributed by atoms with E-state index in [0.717, 1.165) is 25.5 Å². The van der Waals surface area contributed by atoms with Crippen LogP contribution in [0.4, 0.5) is 18.9 Å². The fraction of sp³-hybridized carbons (Fsp3) is 0.533. The van der Waals surface area contributed by atoms with Gasteiger partial charge in [0.05, 0.1) is 11.6 Å². The molecule has 1 aromatic carbocycles. The predicted molar refractivity (Wildman–Crippen MR) is 75.0 cm³/mol. The van der Waals surface area contributed by atoms with Gasteiger partial charge in [-0.1, -0.05) is 13.0 Å². The molecule has 0 spiro atoms. The molecule has 1 aliphatic rings. The Morgan fingerprint density at radius 2 is 2.10 bits per heavy atom. The molecular formula is C15H19F3N2O. The standard InChI is InChI=1S/C15H19F3N2O/c1-9-5-6-11(8-12(9)15(16,17)18)20-14(21)13-10(2)4-3-7-19-13/h5-6,8,10,13,19H,3-4,7H2,1-2H3,(H,20,21). The molecule has 2 rings (SSSR count). The summed E-state index contributed by atoms with van der Waals surface area (Å²) < 4.78 is 38.6. The van der Waals surface area contributed by atoms with Gasteiger partial charge >= 0.3 is 6.18 Å². The summed E-state index contributed by atoms with van der Waals surface area (Å²) in [5.41, 5.74) is -0.396. The molecule has 6 heteroatoms. The lowest BCUT2D eigenvalue weighted by atomic mass is 9.92.